The number of nitrogens with one attached hydrogen (secondary N) is 1. The zero-order chi connectivity index (χ0) is 24.2. The number of aromatic nitrogens is 2. The highest BCUT2D eigenvalue weighted by atomic mass is 32.1. The zero-order valence-corrected chi connectivity index (χ0v) is 20.1. The molecule has 1 amide bonds. The maximum atomic E-state index is 11.5. The molecule has 8 nitrogen and oxygen atoms in total. The number of hydrogen-bond acceptors (Lipinski definition) is 8. The van der Waals surface area contributed by atoms with Crippen molar-refractivity contribution in [1.82, 2.24) is 15.4 Å². The molecule has 0 saturated carbocycles. The Morgan fingerprint density at radius 2 is 1.80 bits per heavy atom. The monoisotopic (exact) mass is 489 g/mol. The van der Waals surface area contributed by atoms with E-state index < -0.39 is 5.91 Å². The molecular weight excluding hydrogens is 462 g/mol. The number of hydroxylamine groups is 1. The first-order valence-corrected chi connectivity index (χ1v) is 12.4. The van der Waals surface area contributed by atoms with Crippen LogP contribution < -0.4 is 16.1 Å². The van der Waals surface area contributed by atoms with Crippen LogP contribution in [0, 0.1) is 0 Å². The summed E-state index contributed by atoms with van der Waals surface area (Å²) in [6.45, 7) is 3.01. The summed E-state index contributed by atoms with van der Waals surface area (Å²) in [6, 6.07) is 17.2. The number of hydrogen-bond donors (Lipinski definition) is 3. The molecule has 0 bridgehead atoms. The van der Waals surface area contributed by atoms with E-state index in [0.29, 0.717) is 30.3 Å². The van der Waals surface area contributed by atoms with Crippen LogP contribution >= 0.6 is 11.3 Å². The first-order chi connectivity index (χ1) is 17.1. The number of aryl methyl sites for hydroxylation is 2. The number of morpholine rings is 1. The summed E-state index contributed by atoms with van der Waals surface area (Å²) in [7, 11) is 0. The van der Waals surface area contributed by atoms with Crippen LogP contribution in [0.5, 0.6) is 0 Å². The summed E-state index contributed by atoms with van der Waals surface area (Å²) in [4.78, 5) is 24.9. The van der Waals surface area contributed by atoms with E-state index in [9.17, 15) is 4.79 Å². The number of amides is 1. The van der Waals surface area contributed by atoms with E-state index in [1.165, 1.54) is 4.88 Å². The van der Waals surface area contributed by atoms with Gasteiger partial charge in [0.15, 0.2) is 11.6 Å². The predicted molar refractivity (Wildman–Crippen MR) is 138 cm³/mol. The molecule has 1 aliphatic rings. The number of ether oxygens (including phenoxy) is 1. The van der Waals surface area contributed by atoms with Crippen LogP contribution in [0.25, 0.3) is 21.6 Å². The first kappa shape index (κ1) is 23.2. The largest absolute Gasteiger partial charge is 0.399 e. The van der Waals surface area contributed by atoms with Crippen LogP contribution in [0.4, 0.5) is 11.5 Å². The third-order valence-electron chi connectivity index (χ3n) is 6.09. The third kappa shape index (κ3) is 5.27. The van der Waals surface area contributed by atoms with Gasteiger partial charge in [-0.3, -0.25) is 10.0 Å². The van der Waals surface area contributed by atoms with Crippen molar-refractivity contribution in [3.8, 4) is 11.4 Å². The second-order valence-electron chi connectivity index (χ2n) is 8.51. The standard InChI is InChI=1S/C26H27N5O3S/c27-20-10-8-18(9-11-20)24-28-22-16-21(35-23(22)25(29-24)31-12-14-34-15-13-31)3-1-2-17-4-6-19(7-5-17)26(32)30-33/h4-11,16,33H,1-3,12-15,27H2,(H,30,32). The summed E-state index contributed by atoms with van der Waals surface area (Å²) in [6.07, 6.45) is 2.80. The van der Waals surface area contributed by atoms with E-state index in [0.717, 1.165) is 59.5 Å². The number of benzene rings is 2. The normalized spacial score (nSPS) is 13.8. The van der Waals surface area contributed by atoms with Crippen LogP contribution in [0.1, 0.15) is 27.2 Å². The summed E-state index contributed by atoms with van der Waals surface area (Å²) < 4.78 is 6.67. The van der Waals surface area contributed by atoms with Gasteiger partial charge in [0.2, 0.25) is 0 Å². The molecular formula is C26H27N5O3S. The van der Waals surface area contributed by atoms with Gasteiger partial charge in [-0.05, 0) is 67.3 Å². The molecule has 0 unspecified atom stereocenters. The van der Waals surface area contributed by atoms with Crippen molar-refractivity contribution in [3.05, 3.63) is 70.6 Å². The highest BCUT2D eigenvalue weighted by Gasteiger charge is 2.20. The quantitative estimate of drug-likeness (QED) is 0.204. The molecule has 4 N–H and O–H groups in total. The van der Waals surface area contributed by atoms with Gasteiger partial charge in [-0.15, -0.1) is 11.3 Å². The first-order valence-electron chi connectivity index (χ1n) is 11.6. The SMILES string of the molecule is Nc1ccc(-c2nc(N3CCOCC3)c3sc(CCCc4ccc(C(=O)NO)cc4)cc3n2)cc1. The molecule has 0 atom stereocenters. The van der Waals surface area contributed by atoms with E-state index in [-0.39, 0.29) is 0 Å². The van der Waals surface area contributed by atoms with Crippen LogP contribution in [-0.2, 0) is 17.6 Å². The van der Waals surface area contributed by atoms with Gasteiger partial charge in [0.1, 0.15) is 0 Å². The molecule has 1 saturated heterocycles. The van der Waals surface area contributed by atoms with Gasteiger partial charge in [0.25, 0.3) is 5.91 Å². The molecule has 2 aromatic carbocycles. The Hall–Kier alpha value is -3.53. The van der Waals surface area contributed by atoms with E-state index in [2.05, 4.69) is 11.0 Å². The summed E-state index contributed by atoms with van der Waals surface area (Å²) in [5.41, 5.74) is 11.7. The maximum absolute atomic E-state index is 11.5. The average molecular weight is 490 g/mol. The number of nitrogens with two attached hydrogens (primary N) is 1. The topological polar surface area (TPSA) is 114 Å². The fourth-order valence-electron chi connectivity index (χ4n) is 4.19. The molecule has 2 aromatic heterocycles. The minimum Gasteiger partial charge on any atom is -0.399 e. The van der Waals surface area contributed by atoms with Crippen molar-refractivity contribution < 1.29 is 14.7 Å². The number of thiophene rings is 1. The third-order valence-corrected chi connectivity index (χ3v) is 7.27. The van der Waals surface area contributed by atoms with Gasteiger partial charge < -0.3 is 15.4 Å². The van der Waals surface area contributed by atoms with E-state index >= 15 is 0 Å². The lowest BCUT2D eigenvalue weighted by molar-refractivity contribution is 0.0706. The molecule has 9 heteroatoms. The lowest BCUT2D eigenvalue weighted by Gasteiger charge is -2.28. The molecule has 0 aliphatic carbocycles. The molecule has 1 aliphatic heterocycles. The molecule has 180 valence electrons. The Morgan fingerprint density at radius 3 is 2.51 bits per heavy atom. The Labute approximate surface area is 207 Å². The van der Waals surface area contributed by atoms with Gasteiger partial charge in [-0.1, -0.05) is 12.1 Å². The Morgan fingerprint density at radius 1 is 1.06 bits per heavy atom. The highest BCUT2D eigenvalue weighted by molar-refractivity contribution is 7.19. The van der Waals surface area contributed by atoms with Crippen molar-refractivity contribution in [1.29, 1.82) is 0 Å². The molecule has 1 fully saturated rings. The van der Waals surface area contributed by atoms with Crippen LogP contribution in [0.2, 0.25) is 0 Å². The van der Waals surface area contributed by atoms with Crippen LogP contribution in [0.3, 0.4) is 0 Å². The van der Waals surface area contributed by atoms with E-state index in [4.69, 9.17) is 25.6 Å². The second kappa shape index (κ2) is 10.4. The number of carbonyl (C=O) groups is 1. The Balaban J connectivity index is 1.37. The van der Waals surface area contributed by atoms with Crippen LogP contribution in [0.15, 0.2) is 54.6 Å². The molecule has 0 radical (unpaired) electrons. The number of rotatable bonds is 7. The van der Waals surface area contributed by atoms with Crippen molar-refractivity contribution in [2.75, 3.05) is 36.9 Å². The van der Waals surface area contributed by atoms with Gasteiger partial charge in [-0.25, -0.2) is 15.4 Å². The van der Waals surface area contributed by atoms with Crippen LogP contribution in [-0.4, -0.2) is 47.4 Å². The fraction of sp³-hybridized carbons (Fsp3) is 0.269. The van der Waals surface area contributed by atoms with Gasteiger partial charge in [-0.2, -0.15) is 0 Å². The number of fused-ring (bicyclic) bond motifs is 1. The summed E-state index contributed by atoms with van der Waals surface area (Å²) >= 11 is 1.76. The number of anilines is 2. The summed E-state index contributed by atoms with van der Waals surface area (Å²) in [5, 5.41) is 8.76. The lowest BCUT2D eigenvalue weighted by atomic mass is 10.1. The fourth-order valence-corrected chi connectivity index (χ4v) is 5.35. The Kier molecular flexibility index (Phi) is 6.89. The molecule has 5 rings (SSSR count). The van der Waals surface area contributed by atoms with E-state index in [1.54, 1.807) is 28.9 Å². The van der Waals surface area contributed by atoms with Gasteiger partial charge >= 0.3 is 0 Å². The second-order valence-corrected chi connectivity index (χ2v) is 9.65. The molecule has 35 heavy (non-hydrogen) atoms. The molecule has 4 aromatic rings. The minimum absolute atomic E-state index is 0.437. The Bertz CT molecular complexity index is 1320. The molecule has 0 spiro atoms. The average Bonchev–Trinajstić information content (AvgIpc) is 3.32. The number of nitrogens with zero attached hydrogens (tertiary/aromatic N) is 3. The summed E-state index contributed by atoms with van der Waals surface area (Å²) in [5.74, 6) is 1.17. The zero-order valence-electron chi connectivity index (χ0n) is 19.2. The number of nitrogen functional groups attached to an aromatic ring is 1. The van der Waals surface area contributed by atoms with Crippen molar-refractivity contribution in [2.24, 2.45) is 0 Å². The maximum Gasteiger partial charge on any atom is 0.274 e. The van der Waals surface area contributed by atoms with Crippen molar-refractivity contribution in [3.63, 3.8) is 0 Å². The van der Waals surface area contributed by atoms with Crippen molar-refractivity contribution >= 4 is 39.0 Å². The minimum atomic E-state index is -0.502. The lowest BCUT2D eigenvalue weighted by Crippen LogP contribution is -2.36. The van der Waals surface area contributed by atoms with Gasteiger partial charge in [0.05, 0.1) is 23.4 Å². The van der Waals surface area contributed by atoms with Crippen molar-refractivity contribution in [2.45, 2.75) is 19.3 Å². The predicted octanol–water partition coefficient (Wildman–Crippen LogP) is 4.07. The van der Waals surface area contributed by atoms with E-state index in [1.807, 2.05) is 36.4 Å². The smallest absolute Gasteiger partial charge is 0.274 e. The van der Waals surface area contributed by atoms with Gasteiger partial charge in [0, 0.05) is 34.8 Å². The molecule has 3 heterocycles. The number of carbonyl (C=O) groups excluding carboxylic acids is 1. The highest BCUT2D eigenvalue weighted by Crippen LogP contribution is 2.35.